The zero-order chi connectivity index (χ0) is 24.6. The summed E-state index contributed by atoms with van der Waals surface area (Å²) in [7, 11) is 1.56. The zero-order valence-electron chi connectivity index (χ0n) is 19.5. The van der Waals surface area contributed by atoms with Crippen molar-refractivity contribution in [3.8, 4) is 5.75 Å². The molecule has 0 bridgehead atoms. The Bertz CT molecular complexity index is 1310. The summed E-state index contributed by atoms with van der Waals surface area (Å²) < 4.78 is 10.6. The number of methoxy groups -OCH3 is 1. The fourth-order valence-corrected chi connectivity index (χ4v) is 3.72. The molecule has 0 saturated heterocycles. The highest BCUT2D eigenvalue weighted by Crippen LogP contribution is 2.25. The number of benzene rings is 3. The van der Waals surface area contributed by atoms with Crippen molar-refractivity contribution in [2.75, 3.05) is 7.11 Å². The fraction of sp³-hybridized carbons (Fsp3) is 0.103. The molecule has 2 N–H and O–H groups in total. The van der Waals surface area contributed by atoms with Gasteiger partial charge in [0.05, 0.1) is 19.4 Å². The van der Waals surface area contributed by atoms with Crippen LogP contribution in [0, 0.1) is 6.92 Å². The van der Waals surface area contributed by atoms with Crippen LogP contribution in [-0.2, 0) is 4.79 Å². The standard InChI is InChI=1S/C29H26N2O4/c1-20-9-6-7-13-25(20)27(21-10-4-3-5-11-21)31-29(33)26(19-24-12-8-18-35-24)30-28(32)22-14-16-23(34-2)17-15-22/h3-19,27H,1-2H3,(H,30,32)(H,31,33)/b26-19-/t27-/m1/s1. The molecule has 6 heteroatoms. The van der Waals surface area contributed by atoms with E-state index in [0.29, 0.717) is 17.1 Å². The third kappa shape index (κ3) is 5.86. The van der Waals surface area contributed by atoms with E-state index in [1.54, 1.807) is 43.5 Å². The Hall–Kier alpha value is -4.58. The SMILES string of the molecule is COc1ccc(C(=O)N/C(=C\c2ccco2)C(=O)N[C@H](c2ccccc2)c2ccccc2C)cc1. The van der Waals surface area contributed by atoms with Crippen molar-refractivity contribution >= 4 is 17.9 Å². The minimum Gasteiger partial charge on any atom is -0.497 e. The number of nitrogens with one attached hydrogen (secondary N) is 2. The Balaban J connectivity index is 1.65. The summed E-state index contributed by atoms with van der Waals surface area (Å²) in [5.74, 6) is 0.208. The molecule has 4 rings (SSSR count). The van der Waals surface area contributed by atoms with E-state index in [9.17, 15) is 9.59 Å². The maximum atomic E-state index is 13.5. The molecule has 1 heterocycles. The normalized spacial score (nSPS) is 12.0. The lowest BCUT2D eigenvalue weighted by molar-refractivity contribution is -0.118. The molecular weight excluding hydrogens is 440 g/mol. The molecule has 1 atom stereocenters. The smallest absolute Gasteiger partial charge is 0.268 e. The second-order valence-electron chi connectivity index (χ2n) is 7.93. The Morgan fingerprint density at radius 1 is 0.886 bits per heavy atom. The zero-order valence-corrected chi connectivity index (χ0v) is 19.5. The highest BCUT2D eigenvalue weighted by atomic mass is 16.5. The van der Waals surface area contributed by atoms with Crippen molar-refractivity contribution < 1.29 is 18.7 Å². The van der Waals surface area contributed by atoms with Gasteiger partial charge < -0.3 is 19.8 Å². The average molecular weight is 467 g/mol. The second kappa shape index (κ2) is 11.0. The van der Waals surface area contributed by atoms with Gasteiger partial charge in [-0.2, -0.15) is 0 Å². The van der Waals surface area contributed by atoms with Gasteiger partial charge in [-0.1, -0.05) is 54.6 Å². The molecule has 35 heavy (non-hydrogen) atoms. The van der Waals surface area contributed by atoms with Gasteiger partial charge in [-0.25, -0.2) is 0 Å². The highest BCUT2D eigenvalue weighted by Gasteiger charge is 2.22. The Morgan fingerprint density at radius 2 is 1.60 bits per heavy atom. The number of furan rings is 1. The van der Waals surface area contributed by atoms with Crippen LogP contribution in [0.5, 0.6) is 5.75 Å². The van der Waals surface area contributed by atoms with E-state index in [-0.39, 0.29) is 5.70 Å². The van der Waals surface area contributed by atoms with Gasteiger partial charge in [0, 0.05) is 11.6 Å². The maximum Gasteiger partial charge on any atom is 0.268 e. The van der Waals surface area contributed by atoms with Crippen LogP contribution in [0.25, 0.3) is 6.08 Å². The highest BCUT2D eigenvalue weighted by molar-refractivity contribution is 6.05. The van der Waals surface area contributed by atoms with Crippen LogP contribution >= 0.6 is 0 Å². The van der Waals surface area contributed by atoms with Crippen LogP contribution < -0.4 is 15.4 Å². The topological polar surface area (TPSA) is 80.6 Å². The van der Waals surface area contributed by atoms with Crippen LogP contribution in [0.2, 0.25) is 0 Å². The quantitative estimate of drug-likeness (QED) is 0.347. The molecule has 0 aliphatic carbocycles. The number of hydrogen-bond acceptors (Lipinski definition) is 4. The van der Waals surface area contributed by atoms with Crippen LogP contribution in [0.4, 0.5) is 0 Å². The van der Waals surface area contributed by atoms with Crippen molar-refractivity contribution in [1.29, 1.82) is 0 Å². The lowest BCUT2D eigenvalue weighted by Crippen LogP contribution is -2.37. The minimum absolute atomic E-state index is 0.0651. The predicted molar refractivity (Wildman–Crippen MR) is 135 cm³/mol. The van der Waals surface area contributed by atoms with E-state index < -0.39 is 17.9 Å². The molecule has 2 amide bonds. The van der Waals surface area contributed by atoms with E-state index in [1.807, 2.05) is 61.5 Å². The third-order valence-corrected chi connectivity index (χ3v) is 5.58. The summed E-state index contributed by atoms with van der Waals surface area (Å²) in [5, 5.41) is 5.84. The van der Waals surface area contributed by atoms with E-state index in [2.05, 4.69) is 10.6 Å². The van der Waals surface area contributed by atoms with Crippen molar-refractivity contribution in [3.63, 3.8) is 0 Å². The molecule has 0 unspecified atom stereocenters. The predicted octanol–water partition coefficient (Wildman–Crippen LogP) is 5.27. The number of ether oxygens (including phenoxy) is 1. The molecule has 0 spiro atoms. The van der Waals surface area contributed by atoms with Gasteiger partial charge in [0.2, 0.25) is 0 Å². The third-order valence-electron chi connectivity index (χ3n) is 5.58. The molecule has 6 nitrogen and oxygen atoms in total. The van der Waals surface area contributed by atoms with Gasteiger partial charge in [0.25, 0.3) is 11.8 Å². The summed E-state index contributed by atoms with van der Waals surface area (Å²) in [6, 6.07) is 27.3. The first-order valence-electron chi connectivity index (χ1n) is 11.2. The van der Waals surface area contributed by atoms with E-state index in [1.165, 1.54) is 12.3 Å². The number of aryl methyl sites for hydroxylation is 1. The lowest BCUT2D eigenvalue weighted by Gasteiger charge is -2.22. The molecule has 4 aromatic rings. The van der Waals surface area contributed by atoms with Crippen molar-refractivity contribution in [1.82, 2.24) is 10.6 Å². The fourth-order valence-electron chi connectivity index (χ4n) is 3.72. The van der Waals surface area contributed by atoms with Gasteiger partial charge in [-0.3, -0.25) is 9.59 Å². The number of rotatable bonds is 8. The Labute approximate surface area is 204 Å². The minimum atomic E-state index is -0.444. The molecule has 0 aliphatic heterocycles. The van der Waals surface area contributed by atoms with Crippen molar-refractivity contribution in [3.05, 3.63) is 131 Å². The largest absolute Gasteiger partial charge is 0.497 e. The van der Waals surface area contributed by atoms with E-state index in [0.717, 1.165) is 16.7 Å². The van der Waals surface area contributed by atoms with Crippen molar-refractivity contribution in [2.24, 2.45) is 0 Å². The van der Waals surface area contributed by atoms with Gasteiger partial charge in [-0.15, -0.1) is 0 Å². The van der Waals surface area contributed by atoms with E-state index in [4.69, 9.17) is 9.15 Å². The Kier molecular flexibility index (Phi) is 7.43. The number of carbonyl (C=O) groups is 2. The molecule has 0 aliphatic rings. The van der Waals surface area contributed by atoms with Gasteiger partial charge >= 0.3 is 0 Å². The number of amides is 2. The molecular formula is C29H26N2O4. The van der Waals surface area contributed by atoms with Gasteiger partial charge in [0.1, 0.15) is 17.2 Å². The molecule has 176 valence electrons. The van der Waals surface area contributed by atoms with Gasteiger partial charge in [0.15, 0.2) is 0 Å². The van der Waals surface area contributed by atoms with Crippen LogP contribution in [0.1, 0.15) is 38.9 Å². The summed E-state index contributed by atoms with van der Waals surface area (Å²) in [6.07, 6.45) is 3.02. The molecule has 0 saturated carbocycles. The van der Waals surface area contributed by atoms with Crippen LogP contribution in [-0.4, -0.2) is 18.9 Å². The molecule has 0 fully saturated rings. The Morgan fingerprint density at radius 3 is 2.26 bits per heavy atom. The van der Waals surface area contributed by atoms with Crippen LogP contribution in [0.3, 0.4) is 0 Å². The number of carbonyl (C=O) groups excluding carboxylic acids is 2. The monoisotopic (exact) mass is 466 g/mol. The van der Waals surface area contributed by atoms with Crippen LogP contribution in [0.15, 0.2) is 107 Å². The maximum absolute atomic E-state index is 13.5. The van der Waals surface area contributed by atoms with E-state index >= 15 is 0 Å². The molecule has 3 aromatic carbocycles. The average Bonchev–Trinajstić information content (AvgIpc) is 3.41. The summed E-state index contributed by atoms with van der Waals surface area (Å²) in [5.41, 5.74) is 3.39. The second-order valence-corrected chi connectivity index (χ2v) is 7.93. The summed E-state index contributed by atoms with van der Waals surface area (Å²) in [6.45, 7) is 2.00. The van der Waals surface area contributed by atoms with Crippen molar-refractivity contribution in [2.45, 2.75) is 13.0 Å². The first kappa shape index (κ1) is 23.6. The van der Waals surface area contributed by atoms with Gasteiger partial charge in [-0.05, 0) is 60.0 Å². The lowest BCUT2D eigenvalue weighted by atomic mass is 9.95. The summed E-state index contributed by atoms with van der Waals surface area (Å²) in [4.78, 5) is 26.5. The molecule has 0 radical (unpaired) electrons. The first-order chi connectivity index (χ1) is 17.0. The summed E-state index contributed by atoms with van der Waals surface area (Å²) >= 11 is 0. The first-order valence-corrected chi connectivity index (χ1v) is 11.2. The molecule has 1 aromatic heterocycles. The number of hydrogen-bond donors (Lipinski definition) is 2.